The van der Waals surface area contributed by atoms with Gasteiger partial charge in [0.2, 0.25) is 0 Å². The highest BCUT2D eigenvalue weighted by atomic mass is 79.9. The van der Waals surface area contributed by atoms with E-state index >= 15 is 0 Å². The second kappa shape index (κ2) is 5.63. The van der Waals surface area contributed by atoms with E-state index in [0.29, 0.717) is 16.5 Å². The van der Waals surface area contributed by atoms with E-state index in [4.69, 9.17) is 0 Å². The van der Waals surface area contributed by atoms with E-state index in [1.807, 2.05) is 31.2 Å². The van der Waals surface area contributed by atoms with Crippen LogP contribution in [0.2, 0.25) is 0 Å². The number of aliphatic hydroxyl groups is 1. The number of aryl methyl sites for hydroxylation is 1. The molecule has 2 aromatic carbocycles. The highest BCUT2D eigenvalue weighted by molar-refractivity contribution is 9.10. The first kappa shape index (κ1) is 13.2. The molecule has 94 valence electrons. The molecule has 1 atom stereocenters. The fourth-order valence-corrected chi connectivity index (χ4v) is 2.22. The van der Waals surface area contributed by atoms with Crippen molar-refractivity contribution in [1.29, 1.82) is 0 Å². The molecule has 0 radical (unpaired) electrons. The Morgan fingerprint density at radius 3 is 2.50 bits per heavy atom. The Kier molecular flexibility index (Phi) is 4.15. The second-order valence-electron chi connectivity index (χ2n) is 4.35. The smallest absolute Gasteiger partial charge is 0.143 e. The lowest BCUT2D eigenvalue weighted by atomic mass is 10.0. The van der Waals surface area contributed by atoms with Gasteiger partial charge in [-0.3, -0.25) is 0 Å². The lowest BCUT2D eigenvalue weighted by Gasteiger charge is -2.13. The molecule has 0 saturated heterocycles. The lowest BCUT2D eigenvalue weighted by molar-refractivity contribution is 0.173. The SMILES string of the molecule is Cc1ccc(CC(O)c2cccc(Br)c2F)cc1. The van der Waals surface area contributed by atoms with Crippen molar-refractivity contribution in [3.63, 3.8) is 0 Å². The molecule has 0 spiro atoms. The maximum absolute atomic E-state index is 13.8. The summed E-state index contributed by atoms with van der Waals surface area (Å²) in [7, 11) is 0. The van der Waals surface area contributed by atoms with E-state index in [1.165, 1.54) is 5.56 Å². The van der Waals surface area contributed by atoms with Crippen LogP contribution in [0.5, 0.6) is 0 Å². The van der Waals surface area contributed by atoms with Gasteiger partial charge in [-0.15, -0.1) is 0 Å². The molecule has 0 heterocycles. The van der Waals surface area contributed by atoms with Crippen LogP contribution >= 0.6 is 15.9 Å². The zero-order valence-corrected chi connectivity index (χ0v) is 11.6. The molecule has 0 saturated carbocycles. The zero-order chi connectivity index (χ0) is 13.1. The summed E-state index contributed by atoms with van der Waals surface area (Å²) in [5.74, 6) is -0.392. The van der Waals surface area contributed by atoms with Crippen molar-refractivity contribution in [1.82, 2.24) is 0 Å². The third-order valence-corrected chi connectivity index (χ3v) is 3.50. The van der Waals surface area contributed by atoms with Crippen LogP contribution < -0.4 is 0 Å². The topological polar surface area (TPSA) is 20.2 Å². The van der Waals surface area contributed by atoms with Gasteiger partial charge in [-0.25, -0.2) is 4.39 Å². The molecule has 0 aromatic heterocycles. The van der Waals surface area contributed by atoms with Crippen LogP contribution in [0.25, 0.3) is 0 Å². The fraction of sp³-hybridized carbons (Fsp3) is 0.200. The van der Waals surface area contributed by atoms with Crippen LogP contribution in [-0.2, 0) is 6.42 Å². The summed E-state index contributed by atoms with van der Waals surface area (Å²) in [6, 6.07) is 12.8. The molecule has 2 rings (SSSR count). The first-order valence-corrected chi connectivity index (χ1v) is 6.55. The summed E-state index contributed by atoms with van der Waals surface area (Å²) < 4.78 is 14.2. The minimum absolute atomic E-state index is 0.324. The van der Waals surface area contributed by atoms with E-state index in [2.05, 4.69) is 15.9 Å². The zero-order valence-electron chi connectivity index (χ0n) is 10.0. The Morgan fingerprint density at radius 1 is 1.17 bits per heavy atom. The number of rotatable bonds is 3. The van der Waals surface area contributed by atoms with Crippen LogP contribution in [-0.4, -0.2) is 5.11 Å². The van der Waals surface area contributed by atoms with Gasteiger partial charge in [0.15, 0.2) is 0 Å². The number of hydrogen-bond acceptors (Lipinski definition) is 1. The van der Waals surface area contributed by atoms with E-state index in [1.54, 1.807) is 18.2 Å². The Bertz CT molecular complexity index is 537. The van der Waals surface area contributed by atoms with Gasteiger partial charge in [0.05, 0.1) is 10.6 Å². The molecule has 0 amide bonds. The normalized spacial score (nSPS) is 12.4. The van der Waals surface area contributed by atoms with Crippen molar-refractivity contribution in [3.8, 4) is 0 Å². The monoisotopic (exact) mass is 308 g/mol. The van der Waals surface area contributed by atoms with Gasteiger partial charge in [0, 0.05) is 12.0 Å². The van der Waals surface area contributed by atoms with Crippen molar-refractivity contribution < 1.29 is 9.50 Å². The predicted molar refractivity (Wildman–Crippen MR) is 73.9 cm³/mol. The molecule has 2 aromatic rings. The summed E-state index contributed by atoms with van der Waals surface area (Å²) in [5, 5.41) is 10.1. The second-order valence-corrected chi connectivity index (χ2v) is 5.20. The number of benzene rings is 2. The minimum Gasteiger partial charge on any atom is -0.388 e. The van der Waals surface area contributed by atoms with Crippen molar-refractivity contribution in [2.45, 2.75) is 19.4 Å². The number of hydrogen-bond donors (Lipinski definition) is 1. The maximum Gasteiger partial charge on any atom is 0.143 e. The molecule has 0 fully saturated rings. The molecule has 0 aliphatic rings. The highest BCUT2D eigenvalue weighted by Gasteiger charge is 2.15. The van der Waals surface area contributed by atoms with Crippen molar-refractivity contribution >= 4 is 15.9 Å². The first-order chi connectivity index (χ1) is 8.58. The molecular formula is C15H14BrFO. The molecule has 18 heavy (non-hydrogen) atoms. The van der Waals surface area contributed by atoms with E-state index in [9.17, 15) is 9.50 Å². The van der Waals surface area contributed by atoms with Crippen LogP contribution in [0.4, 0.5) is 4.39 Å². The van der Waals surface area contributed by atoms with Gasteiger partial charge < -0.3 is 5.11 Å². The van der Waals surface area contributed by atoms with E-state index < -0.39 is 11.9 Å². The average Bonchev–Trinajstić information content (AvgIpc) is 2.35. The predicted octanol–water partition coefficient (Wildman–Crippen LogP) is 4.17. The summed E-state index contributed by atoms with van der Waals surface area (Å²) in [6.07, 6.45) is -0.418. The van der Waals surface area contributed by atoms with Crippen LogP contribution in [0.3, 0.4) is 0 Å². The van der Waals surface area contributed by atoms with Gasteiger partial charge in [-0.1, -0.05) is 42.0 Å². The van der Waals surface area contributed by atoms with E-state index in [0.717, 1.165) is 5.56 Å². The van der Waals surface area contributed by atoms with Gasteiger partial charge >= 0.3 is 0 Å². The van der Waals surface area contributed by atoms with Crippen LogP contribution in [0.1, 0.15) is 22.8 Å². The molecular weight excluding hydrogens is 295 g/mol. The Labute approximate surface area is 114 Å². The quantitative estimate of drug-likeness (QED) is 0.902. The largest absolute Gasteiger partial charge is 0.388 e. The fourth-order valence-electron chi connectivity index (χ4n) is 1.84. The van der Waals surface area contributed by atoms with Crippen LogP contribution in [0.15, 0.2) is 46.9 Å². The minimum atomic E-state index is -0.829. The molecule has 3 heteroatoms. The third kappa shape index (κ3) is 2.98. The van der Waals surface area contributed by atoms with Gasteiger partial charge in [0.25, 0.3) is 0 Å². The highest BCUT2D eigenvalue weighted by Crippen LogP contribution is 2.26. The summed E-state index contributed by atoms with van der Waals surface area (Å²) >= 11 is 3.12. The summed E-state index contributed by atoms with van der Waals surface area (Å²) in [6.45, 7) is 2.01. The average molecular weight is 309 g/mol. The number of halogens is 2. The molecule has 0 aliphatic heterocycles. The third-order valence-electron chi connectivity index (χ3n) is 2.89. The van der Waals surface area contributed by atoms with Gasteiger partial charge in [-0.05, 0) is 34.5 Å². The standard InChI is InChI=1S/C15H14BrFO/c1-10-5-7-11(8-6-10)9-14(18)12-3-2-4-13(16)15(12)17/h2-8,14,18H,9H2,1H3. The lowest BCUT2D eigenvalue weighted by Crippen LogP contribution is -2.04. The molecule has 1 N–H and O–H groups in total. The van der Waals surface area contributed by atoms with Gasteiger partial charge in [0.1, 0.15) is 5.82 Å². The maximum atomic E-state index is 13.8. The number of aliphatic hydroxyl groups excluding tert-OH is 1. The van der Waals surface area contributed by atoms with E-state index in [-0.39, 0.29) is 0 Å². The first-order valence-electron chi connectivity index (χ1n) is 5.75. The summed E-state index contributed by atoms with van der Waals surface area (Å²) in [5.41, 5.74) is 2.49. The molecule has 1 unspecified atom stereocenters. The molecule has 0 aliphatic carbocycles. The van der Waals surface area contributed by atoms with Crippen molar-refractivity contribution in [2.75, 3.05) is 0 Å². The molecule has 1 nitrogen and oxygen atoms in total. The Morgan fingerprint density at radius 2 is 1.83 bits per heavy atom. The van der Waals surface area contributed by atoms with Crippen LogP contribution in [0, 0.1) is 12.7 Å². The Hall–Kier alpha value is -1.19. The molecule has 0 bridgehead atoms. The Balaban J connectivity index is 2.19. The summed E-state index contributed by atoms with van der Waals surface area (Å²) in [4.78, 5) is 0. The van der Waals surface area contributed by atoms with Crippen molar-refractivity contribution in [3.05, 3.63) is 69.4 Å². The van der Waals surface area contributed by atoms with Gasteiger partial charge in [-0.2, -0.15) is 0 Å². The van der Waals surface area contributed by atoms with Crippen molar-refractivity contribution in [2.24, 2.45) is 0 Å².